The Kier molecular flexibility index (Phi) is 11.8. The number of amides is 1. The molecular formula is C15H26N2O2S. The van der Waals surface area contributed by atoms with E-state index in [0.29, 0.717) is 37.7 Å². The van der Waals surface area contributed by atoms with Gasteiger partial charge in [0.15, 0.2) is 0 Å². The zero-order valence-corrected chi connectivity index (χ0v) is 13.2. The van der Waals surface area contributed by atoms with Crippen LogP contribution in [0.15, 0.2) is 25.3 Å². The van der Waals surface area contributed by atoms with Crippen molar-refractivity contribution in [3.05, 3.63) is 25.3 Å². The summed E-state index contributed by atoms with van der Waals surface area (Å²) in [5, 5.41) is 3.44. The summed E-state index contributed by atoms with van der Waals surface area (Å²) in [7, 11) is 0. The van der Waals surface area contributed by atoms with Crippen molar-refractivity contribution in [2.75, 3.05) is 26.2 Å². The summed E-state index contributed by atoms with van der Waals surface area (Å²) in [6.45, 7) is 11.8. The van der Waals surface area contributed by atoms with Crippen LogP contribution in [-0.2, 0) is 9.53 Å². The summed E-state index contributed by atoms with van der Waals surface area (Å²) in [6.07, 6.45) is 6.71. The predicted octanol–water partition coefficient (Wildman–Crippen LogP) is 2.66. The Morgan fingerprint density at radius 1 is 1.30 bits per heavy atom. The highest BCUT2D eigenvalue weighted by Gasteiger charge is 2.10. The van der Waals surface area contributed by atoms with Crippen LogP contribution in [0.1, 0.15) is 32.6 Å². The van der Waals surface area contributed by atoms with Gasteiger partial charge < -0.3 is 15.0 Å². The standard InChI is InChI=1S/C15H26N2O2S/c1-4-7-10-16-15(20)19-13-8-9-14(18)17(11-5-2)12-6-3/h5-6H,2-4,7-13H2,1H3,(H,16,20). The first-order valence-corrected chi connectivity index (χ1v) is 7.46. The Morgan fingerprint density at radius 2 is 1.95 bits per heavy atom. The molecule has 0 heterocycles. The molecule has 0 aliphatic heterocycles. The number of unbranched alkanes of at least 4 members (excludes halogenated alkanes) is 1. The Morgan fingerprint density at radius 3 is 2.50 bits per heavy atom. The quantitative estimate of drug-likeness (QED) is 0.362. The molecule has 0 bridgehead atoms. The molecule has 0 aromatic carbocycles. The fourth-order valence-corrected chi connectivity index (χ4v) is 1.74. The lowest BCUT2D eigenvalue weighted by Gasteiger charge is -2.19. The van der Waals surface area contributed by atoms with Crippen LogP contribution in [0, 0.1) is 0 Å². The van der Waals surface area contributed by atoms with Gasteiger partial charge in [-0.05, 0) is 25.1 Å². The van der Waals surface area contributed by atoms with Crippen molar-refractivity contribution < 1.29 is 9.53 Å². The lowest BCUT2D eigenvalue weighted by atomic mass is 10.3. The Hall–Kier alpha value is -1.36. The minimum atomic E-state index is 0.0817. The Bertz CT molecular complexity index is 309. The summed E-state index contributed by atoms with van der Waals surface area (Å²) in [5.74, 6) is 0.0817. The topological polar surface area (TPSA) is 41.6 Å². The number of hydrogen-bond acceptors (Lipinski definition) is 3. The normalized spacial score (nSPS) is 9.65. The van der Waals surface area contributed by atoms with Crippen LogP contribution in [0.4, 0.5) is 0 Å². The zero-order valence-electron chi connectivity index (χ0n) is 12.4. The SMILES string of the molecule is C=CCN(CC=C)C(=O)CCCOC(=S)NCCCC. The lowest BCUT2D eigenvalue weighted by molar-refractivity contribution is -0.130. The molecule has 20 heavy (non-hydrogen) atoms. The summed E-state index contributed by atoms with van der Waals surface area (Å²) in [6, 6.07) is 0. The molecule has 0 saturated carbocycles. The molecule has 0 radical (unpaired) electrons. The fourth-order valence-electron chi connectivity index (χ4n) is 1.55. The van der Waals surface area contributed by atoms with E-state index < -0.39 is 0 Å². The van der Waals surface area contributed by atoms with E-state index in [1.807, 2.05) is 0 Å². The molecule has 4 nitrogen and oxygen atoms in total. The molecule has 0 aromatic rings. The third kappa shape index (κ3) is 9.55. The molecule has 0 saturated heterocycles. The van der Waals surface area contributed by atoms with Gasteiger partial charge in [0.05, 0.1) is 6.61 Å². The van der Waals surface area contributed by atoms with E-state index in [1.165, 1.54) is 0 Å². The van der Waals surface area contributed by atoms with Crippen LogP contribution >= 0.6 is 12.2 Å². The third-order valence-electron chi connectivity index (χ3n) is 2.62. The molecule has 1 N–H and O–H groups in total. The van der Waals surface area contributed by atoms with Gasteiger partial charge in [0, 0.05) is 26.1 Å². The van der Waals surface area contributed by atoms with Crippen molar-refractivity contribution in [2.24, 2.45) is 0 Å². The molecule has 0 fully saturated rings. The molecule has 0 atom stereocenters. The number of hydrogen-bond donors (Lipinski definition) is 1. The van der Waals surface area contributed by atoms with Crippen LogP contribution in [0.2, 0.25) is 0 Å². The average molecular weight is 298 g/mol. The number of nitrogens with zero attached hydrogens (tertiary/aromatic N) is 1. The van der Waals surface area contributed by atoms with Crippen LogP contribution in [0.3, 0.4) is 0 Å². The number of carbonyl (C=O) groups is 1. The van der Waals surface area contributed by atoms with E-state index in [9.17, 15) is 4.79 Å². The van der Waals surface area contributed by atoms with Crippen LogP contribution in [0.25, 0.3) is 0 Å². The maximum Gasteiger partial charge on any atom is 0.256 e. The maximum atomic E-state index is 11.9. The van der Waals surface area contributed by atoms with Crippen molar-refractivity contribution in [1.82, 2.24) is 10.2 Å². The molecule has 5 heteroatoms. The van der Waals surface area contributed by atoms with Gasteiger partial charge in [-0.2, -0.15) is 0 Å². The second kappa shape index (κ2) is 12.7. The largest absolute Gasteiger partial charge is 0.471 e. The van der Waals surface area contributed by atoms with E-state index in [1.54, 1.807) is 17.1 Å². The first kappa shape index (κ1) is 18.6. The number of carbonyl (C=O) groups excluding carboxylic acids is 1. The van der Waals surface area contributed by atoms with Crippen molar-refractivity contribution in [2.45, 2.75) is 32.6 Å². The van der Waals surface area contributed by atoms with Gasteiger partial charge in [0.1, 0.15) is 0 Å². The molecule has 114 valence electrons. The second-order valence-corrected chi connectivity index (χ2v) is 4.77. The molecule has 0 aliphatic rings. The maximum absolute atomic E-state index is 11.9. The fraction of sp³-hybridized carbons (Fsp3) is 0.600. The monoisotopic (exact) mass is 298 g/mol. The Labute approximate surface area is 127 Å². The highest BCUT2D eigenvalue weighted by Crippen LogP contribution is 1.99. The average Bonchev–Trinajstić information content (AvgIpc) is 2.43. The molecule has 0 rings (SSSR count). The minimum absolute atomic E-state index is 0.0817. The molecule has 0 unspecified atom stereocenters. The van der Waals surface area contributed by atoms with Crippen molar-refractivity contribution in [1.29, 1.82) is 0 Å². The van der Waals surface area contributed by atoms with Gasteiger partial charge in [-0.25, -0.2) is 0 Å². The van der Waals surface area contributed by atoms with E-state index in [2.05, 4.69) is 25.4 Å². The number of rotatable bonds is 11. The predicted molar refractivity (Wildman–Crippen MR) is 87.7 cm³/mol. The summed E-state index contributed by atoms with van der Waals surface area (Å²) < 4.78 is 5.35. The van der Waals surface area contributed by atoms with Gasteiger partial charge in [-0.1, -0.05) is 25.5 Å². The van der Waals surface area contributed by atoms with Crippen molar-refractivity contribution in [3.8, 4) is 0 Å². The molecule has 0 aromatic heterocycles. The van der Waals surface area contributed by atoms with Crippen molar-refractivity contribution >= 4 is 23.3 Å². The molecule has 0 spiro atoms. The first-order chi connectivity index (χ1) is 9.65. The summed E-state index contributed by atoms with van der Waals surface area (Å²) >= 11 is 5.03. The Balaban J connectivity index is 3.76. The van der Waals surface area contributed by atoms with Crippen LogP contribution < -0.4 is 5.32 Å². The van der Waals surface area contributed by atoms with Gasteiger partial charge in [0.2, 0.25) is 5.91 Å². The summed E-state index contributed by atoms with van der Waals surface area (Å²) in [4.78, 5) is 13.6. The minimum Gasteiger partial charge on any atom is -0.471 e. The van der Waals surface area contributed by atoms with E-state index in [4.69, 9.17) is 17.0 Å². The lowest BCUT2D eigenvalue weighted by Crippen LogP contribution is -2.31. The van der Waals surface area contributed by atoms with E-state index >= 15 is 0 Å². The zero-order chi connectivity index (χ0) is 15.2. The van der Waals surface area contributed by atoms with Crippen LogP contribution in [-0.4, -0.2) is 42.2 Å². The molecule has 0 aliphatic carbocycles. The van der Waals surface area contributed by atoms with E-state index in [-0.39, 0.29) is 5.91 Å². The smallest absolute Gasteiger partial charge is 0.256 e. The van der Waals surface area contributed by atoms with Gasteiger partial charge in [-0.15, -0.1) is 13.2 Å². The second-order valence-electron chi connectivity index (χ2n) is 4.40. The third-order valence-corrected chi connectivity index (χ3v) is 2.88. The van der Waals surface area contributed by atoms with Gasteiger partial charge >= 0.3 is 0 Å². The van der Waals surface area contributed by atoms with Crippen molar-refractivity contribution in [3.63, 3.8) is 0 Å². The van der Waals surface area contributed by atoms with Crippen LogP contribution in [0.5, 0.6) is 0 Å². The highest BCUT2D eigenvalue weighted by atomic mass is 32.1. The molecule has 1 amide bonds. The number of thiocarbonyl (C=S) groups is 1. The van der Waals surface area contributed by atoms with Gasteiger partial charge in [-0.3, -0.25) is 4.79 Å². The number of ether oxygens (including phenoxy) is 1. The first-order valence-electron chi connectivity index (χ1n) is 7.05. The van der Waals surface area contributed by atoms with E-state index in [0.717, 1.165) is 19.4 Å². The number of nitrogens with one attached hydrogen (secondary N) is 1. The van der Waals surface area contributed by atoms with Gasteiger partial charge in [0.25, 0.3) is 5.17 Å². The highest BCUT2D eigenvalue weighted by molar-refractivity contribution is 7.80. The summed E-state index contributed by atoms with van der Waals surface area (Å²) in [5.41, 5.74) is 0. The molecular weight excluding hydrogens is 272 g/mol.